The monoisotopic (exact) mass is 408 g/mol. The van der Waals surface area contributed by atoms with Crippen LogP contribution in [0.25, 0.3) is 5.57 Å². The largest absolute Gasteiger partial charge is 0.398 e. The number of allylic oxidation sites excluding steroid dienone is 2. The SMILES string of the molecule is C=C(/C(=C(/Cl)NC)C(F)F)c1ccc(CCc2c(N)cccc2S)c(C)c1. The van der Waals surface area contributed by atoms with E-state index >= 15 is 0 Å². The standard InChI is InChI=1S/C21H23ClF2N2S/c1-12-11-15(13(2)19(21(23)24)20(22)26-3)8-7-14(12)9-10-16-17(25)5-4-6-18(16)27/h4-8,11,21,26-27H,2,9-10,25H2,1,3H3/b20-19+. The normalized spacial score (nSPS) is 12.1. The molecule has 2 rings (SSSR count). The number of nitrogens with one attached hydrogen (secondary N) is 1. The number of rotatable bonds is 7. The molecule has 0 radical (unpaired) electrons. The molecule has 0 saturated carbocycles. The quantitative estimate of drug-likeness (QED) is 0.241. The van der Waals surface area contributed by atoms with Gasteiger partial charge in [-0.15, -0.1) is 12.6 Å². The van der Waals surface area contributed by atoms with Crippen LogP contribution in [0.5, 0.6) is 0 Å². The van der Waals surface area contributed by atoms with Gasteiger partial charge in [0.25, 0.3) is 6.43 Å². The molecule has 6 heteroatoms. The summed E-state index contributed by atoms with van der Waals surface area (Å²) >= 11 is 10.4. The second kappa shape index (κ2) is 9.29. The van der Waals surface area contributed by atoms with Crippen LogP contribution in [0.15, 0.2) is 58.6 Å². The van der Waals surface area contributed by atoms with Crippen LogP contribution >= 0.6 is 24.2 Å². The second-order valence-corrected chi connectivity index (χ2v) is 7.10. The summed E-state index contributed by atoms with van der Waals surface area (Å²) in [6.45, 7) is 5.77. The van der Waals surface area contributed by atoms with Crippen molar-refractivity contribution in [1.29, 1.82) is 0 Å². The number of benzene rings is 2. The number of nitrogen functional groups attached to an aromatic ring is 1. The van der Waals surface area contributed by atoms with Crippen LogP contribution in [0.3, 0.4) is 0 Å². The van der Waals surface area contributed by atoms with E-state index in [0.717, 1.165) is 40.1 Å². The Labute approximate surface area is 169 Å². The van der Waals surface area contributed by atoms with Crippen molar-refractivity contribution in [2.75, 3.05) is 12.8 Å². The number of anilines is 1. The summed E-state index contributed by atoms with van der Waals surface area (Å²) in [6, 6.07) is 11.2. The molecule has 0 saturated heterocycles. The number of alkyl halides is 2. The van der Waals surface area contributed by atoms with Crippen molar-refractivity contribution < 1.29 is 8.78 Å². The molecule has 0 aliphatic rings. The molecule has 0 amide bonds. The Kier molecular flexibility index (Phi) is 7.33. The molecule has 0 spiro atoms. The van der Waals surface area contributed by atoms with E-state index in [1.54, 1.807) is 6.07 Å². The van der Waals surface area contributed by atoms with E-state index in [1.165, 1.54) is 7.05 Å². The third-order valence-electron chi connectivity index (χ3n) is 4.52. The van der Waals surface area contributed by atoms with Gasteiger partial charge in [-0.2, -0.15) is 0 Å². The minimum atomic E-state index is -2.72. The van der Waals surface area contributed by atoms with Crippen LogP contribution in [-0.4, -0.2) is 13.5 Å². The second-order valence-electron chi connectivity index (χ2n) is 6.24. The molecule has 2 nitrogen and oxygen atoms in total. The fourth-order valence-electron chi connectivity index (χ4n) is 2.94. The molecule has 0 atom stereocenters. The zero-order valence-corrected chi connectivity index (χ0v) is 17.0. The first-order valence-electron chi connectivity index (χ1n) is 8.47. The fraction of sp³-hybridized carbons (Fsp3) is 0.238. The Morgan fingerprint density at radius 3 is 2.52 bits per heavy atom. The highest BCUT2D eigenvalue weighted by Crippen LogP contribution is 2.31. The number of nitrogens with two attached hydrogens (primary N) is 1. The van der Waals surface area contributed by atoms with Gasteiger partial charge < -0.3 is 11.1 Å². The minimum absolute atomic E-state index is 0.0995. The summed E-state index contributed by atoms with van der Waals surface area (Å²) in [5.74, 6) is 0. The first-order chi connectivity index (χ1) is 12.8. The molecule has 0 unspecified atom stereocenters. The van der Waals surface area contributed by atoms with Gasteiger partial charge in [-0.05, 0) is 59.7 Å². The smallest absolute Gasteiger partial charge is 0.267 e. The van der Waals surface area contributed by atoms with Crippen LogP contribution in [0.2, 0.25) is 0 Å². The van der Waals surface area contributed by atoms with E-state index < -0.39 is 6.43 Å². The fourth-order valence-corrected chi connectivity index (χ4v) is 3.46. The van der Waals surface area contributed by atoms with Gasteiger partial charge in [0.2, 0.25) is 0 Å². The Morgan fingerprint density at radius 2 is 1.96 bits per heavy atom. The van der Waals surface area contributed by atoms with Crippen LogP contribution in [0.1, 0.15) is 22.3 Å². The van der Waals surface area contributed by atoms with E-state index in [2.05, 4.69) is 24.5 Å². The highest BCUT2D eigenvalue weighted by Gasteiger charge is 2.20. The predicted octanol–water partition coefficient (Wildman–Crippen LogP) is 5.60. The van der Waals surface area contributed by atoms with Gasteiger partial charge in [0.15, 0.2) is 0 Å². The lowest BCUT2D eigenvalue weighted by Gasteiger charge is -2.15. The molecule has 27 heavy (non-hydrogen) atoms. The molecule has 0 aromatic heterocycles. The van der Waals surface area contributed by atoms with Crippen molar-refractivity contribution in [3.63, 3.8) is 0 Å². The molecule has 144 valence electrons. The van der Waals surface area contributed by atoms with Gasteiger partial charge in [-0.25, -0.2) is 8.78 Å². The maximum absolute atomic E-state index is 13.4. The van der Waals surface area contributed by atoms with Crippen LogP contribution in [-0.2, 0) is 12.8 Å². The molecule has 0 heterocycles. The molecule has 0 aliphatic heterocycles. The summed E-state index contributed by atoms with van der Waals surface area (Å²) < 4.78 is 26.7. The van der Waals surface area contributed by atoms with Crippen LogP contribution < -0.4 is 11.1 Å². The summed E-state index contributed by atoms with van der Waals surface area (Å²) in [5.41, 5.74) is 10.4. The summed E-state index contributed by atoms with van der Waals surface area (Å²) in [4.78, 5) is 0.867. The number of aryl methyl sites for hydroxylation is 2. The number of thiol groups is 1. The molecule has 0 fully saturated rings. The van der Waals surface area contributed by atoms with E-state index in [4.69, 9.17) is 17.3 Å². The van der Waals surface area contributed by atoms with Crippen molar-refractivity contribution >= 4 is 35.5 Å². The average Bonchev–Trinajstić information content (AvgIpc) is 2.61. The Balaban J connectivity index is 2.24. The number of hydrogen-bond acceptors (Lipinski definition) is 3. The van der Waals surface area contributed by atoms with Crippen molar-refractivity contribution in [2.24, 2.45) is 0 Å². The van der Waals surface area contributed by atoms with E-state index in [-0.39, 0.29) is 16.3 Å². The topological polar surface area (TPSA) is 38.0 Å². The highest BCUT2D eigenvalue weighted by molar-refractivity contribution is 7.80. The Bertz CT molecular complexity index is 858. The predicted molar refractivity (Wildman–Crippen MR) is 114 cm³/mol. The molecule has 0 aliphatic carbocycles. The molecular weight excluding hydrogens is 386 g/mol. The van der Waals surface area contributed by atoms with Crippen molar-refractivity contribution in [3.05, 3.63) is 76.0 Å². The Morgan fingerprint density at radius 1 is 1.26 bits per heavy atom. The van der Waals surface area contributed by atoms with Crippen molar-refractivity contribution in [3.8, 4) is 0 Å². The summed E-state index contributed by atoms with van der Waals surface area (Å²) in [5, 5.41) is 2.46. The third kappa shape index (κ3) is 5.05. The average molecular weight is 409 g/mol. The Hall–Kier alpha value is -1.98. The van der Waals surface area contributed by atoms with Gasteiger partial charge in [-0.3, -0.25) is 0 Å². The number of halogens is 3. The third-order valence-corrected chi connectivity index (χ3v) is 5.33. The van der Waals surface area contributed by atoms with E-state index in [1.807, 2.05) is 37.3 Å². The minimum Gasteiger partial charge on any atom is -0.398 e. The lowest BCUT2D eigenvalue weighted by molar-refractivity contribution is 0.194. The van der Waals surface area contributed by atoms with Crippen LogP contribution in [0, 0.1) is 6.92 Å². The highest BCUT2D eigenvalue weighted by atomic mass is 35.5. The van der Waals surface area contributed by atoms with Gasteiger partial charge in [0.05, 0.1) is 5.57 Å². The molecule has 0 bridgehead atoms. The molecule has 2 aromatic carbocycles. The zero-order valence-electron chi connectivity index (χ0n) is 15.3. The first kappa shape index (κ1) is 21.3. The van der Waals surface area contributed by atoms with Crippen molar-refractivity contribution in [1.82, 2.24) is 5.32 Å². The van der Waals surface area contributed by atoms with Gasteiger partial charge in [-0.1, -0.05) is 42.4 Å². The zero-order chi connectivity index (χ0) is 20.1. The van der Waals surface area contributed by atoms with Gasteiger partial charge in [0.1, 0.15) is 5.16 Å². The molecular formula is C21H23ClF2N2S. The molecule has 3 N–H and O–H groups in total. The van der Waals surface area contributed by atoms with E-state index in [9.17, 15) is 8.78 Å². The van der Waals surface area contributed by atoms with Crippen molar-refractivity contribution in [2.45, 2.75) is 31.1 Å². The lowest BCUT2D eigenvalue weighted by Crippen LogP contribution is -2.10. The maximum Gasteiger partial charge on any atom is 0.267 e. The van der Waals surface area contributed by atoms with Gasteiger partial charge >= 0.3 is 0 Å². The van der Waals surface area contributed by atoms with Crippen LogP contribution in [0.4, 0.5) is 14.5 Å². The summed E-state index contributed by atoms with van der Waals surface area (Å²) in [6.07, 6.45) is -1.19. The maximum atomic E-state index is 13.4. The van der Waals surface area contributed by atoms with Gasteiger partial charge in [0, 0.05) is 17.6 Å². The molecule has 2 aromatic rings. The van der Waals surface area contributed by atoms with E-state index in [0.29, 0.717) is 5.56 Å². The summed E-state index contributed by atoms with van der Waals surface area (Å²) in [7, 11) is 1.50. The first-order valence-corrected chi connectivity index (χ1v) is 9.29. The number of hydrogen-bond donors (Lipinski definition) is 3. The lowest BCUT2D eigenvalue weighted by atomic mass is 9.94.